The van der Waals surface area contributed by atoms with E-state index in [-0.39, 0.29) is 11.8 Å². The third-order valence-corrected chi connectivity index (χ3v) is 3.52. The molecule has 0 bridgehead atoms. The Morgan fingerprint density at radius 2 is 2.06 bits per heavy atom. The summed E-state index contributed by atoms with van der Waals surface area (Å²) >= 11 is 3.44. The molecule has 0 heterocycles. The zero-order valence-electron chi connectivity index (χ0n) is 9.75. The fourth-order valence-corrected chi connectivity index (χ4v) is 1.63. The van der Waals surface area contributed by atoms with Crippen LogP contribution in [0.4, 0.5) is 5.69 Å². The van der Waals surface area contributed by atoms with Crippen molar-refractivity contribution < 1.29 is 4.79 Å². The highest BCUT2D eigenvalue weighted by atomic mass is 79.9. The van der Waals surface area contributed by atoms with E-state index in [1.807, 2.05) is 39.0 Å². The normalized spacial score (nSPS) is 12.6. The van der Waals surface area contributed by atoms with E-state index >= 15 is 0 Å². The average molecular weight is 285 g/mol. The Bertz CT molecular complexity index is 391. The largest absolute Gasteiger partial charge is 0.324 e. The lowest BCUT2D eigenvalue weighted by Gasteiger charge is -2.16. The highest BCUT2D eigenvalue weighted by Gasteiger charge is 2.18. The van der Waals surface area contributed by atoms with Crippen molar-refractivity contribution in [3.05, 3.63) is 28.2 Å². The van der Waals surface area contributed by atoms with E-state index in [2.05, 4.69) is 21.2 Å². The van der Waals surface area contributed by atoms with E-state index in [1.54, 1.807) is 0 Å². The lowest BCUT2D eigenvalue weighted by atomic mass is 10.0. The number of benzene rings is 1. The van der Waals surface area contributed by atoms with Gasteiger partial charge in [-0.05, 0) is 40.4 Å². The van der Waals surface area contributed by atoms with Gasteiger partial charge in [-0.1, -0.05) is 26.0 Å². The number of amides is 1. The quantitative estimate of drug-likeness (QED) is 0.897. The van der Waals surface area contributed by atoms with Crippen molar-refractivity contribution in [2.24, 2.45) is 11.7 Å². The summed E-state index contributed by atoms with van der Waals surface area (Å²) in [6, 6.07) is 5.24. The standard InChI is InChI=1S/C12H17BrN2O/c1-7(2)11(14)12(16)15-9-6-4-5-8(3)10(9)13/h4-7,11H,14H2,1-3H3,(H,15,16)/t11-/m1/s1. The molecule has 1 atom stereocenters. The van der Waals surface area contributed by atoms with Crippen molar-refractivity contribution in [3.63, 3.8) is 0 Å². The number of halogens is 1. The first-order chi connectivity index (χ1) is 7.43. The lowest BCUT2D eigenvalue weighted by Crippen LogP contribution is -2.39. The molecule has 0 aliphatic heterocycles. The number of hydrogen-bond acceptors (Lipinski definition) is 2. The zero-order chi connectivity index (χ0) is 12.3. The Balaban J connectivity index is 2.81. The molecule has 0 aliphatic carbocycles. The predicted octanol–water partition coefficient (Wildman–Crippen LogP) is 2.68. The summed E-state index contributed by atoms with van der Waals surface area (Å²) in [6.07, 6.45) is 0. The second-order valence-electron chi connectivity index (χ2n) is 4.20. The molecule has 0 aromatic heterocycles. The smallest absolute Gasteiger partial charge is 0.241 e. The zero-order valence-corrected chi connectivity index (χ0v) is 11.3. The predicted molar refractivity (Wildman–Crippen MR) is 70.3 cm³/mol. The molecule has 0 unspecified atom stereocenters. The second kappa shape index (κ2) is 5.46. The summed E-state index contributed by atoms with van der Waals surface area (Å²) < 4.78 is 0.902. The Hall–Kier alpha value is -0.870. The third kappa shape index (κ3) is 3.06. The van der Waals surface area contributed by atoms with Crippen LogP contribution in [0, 0.1) is 12.8 Å². The van der Waals surface area contributed by atoms with E-state index in [0.717, 1.165) is 15.7 Å². The molecule has 0 saturated carbocycles. The van der Waals surface area contributed by atoms with Gasteiger partial charge in [0, 0.05) is 4.47 Å². The highest BCUT2D eigenvalue weighted by molar-refractivity contribution is 9.10. The molecule has 0 fully saturated rings. The molecule has 88 valence electrons. The first kappa shape index (κ1) is 13.2. The molecule has 4 heteroatoms. The summed E-state index contributed by atoms with van der Waals surface area (Å²) in [7, 11) is 0. The van der Waals surface area contributed by atoms with Gasteiger partial charge >= 0.3 is 0 Å². The van der Waals surface area contributed by atoms with Crippen molar-refractivity contribution in [3.8, 4) is 0 Å². The first-order valence-corrected chi connectivity index (χ1v) is 6.04. The van der Waals surface area contributed by atoms with Crippen LogP contribution in [-0.4, -0.2) is 11.9 Å². The molecule has 1 rings (SSSR count). The molecule has 1 aromatic rings. The summed E-state index contributed by atoms with van der Waals surface area (Å²) in [4.78, 5) is 11.8. The highest BCUT2D eigenvalue weighted by Crippen LogP contribution is 2.25. The molecular formula is C12H17BrN2O. The van der Waals surface area contributed by atoms with Gasteiger partial charge in [0.25, 0.3) is 0 Å². The Labute approximate surface area is 105 Å². The van der Waals surface area contributed by atoms with Gasteiger partial charge in [0.05, 0.1) is 11.7 Å². The van der Waals surface area contributed by atoms with Gasteiger partial charge in [-0.15, -0.1) is 0 Å². The lowest BCUT2D eigenvalue weighted by molar-refractivity contribution is -0.118. The third-order valence-electron chi connectivity index (χ3n) is 2.47. The van der Waals surface area contributed by atoms with Crippen LogP contribution in [-0.2, 0) is 4.79 Å². The first-order valence-electron chi connectivity index (χ1n) is 5.25. The second-order valence-corrected chi connectivity index (χ2v) is 4.99. The molecule has 1 aromatic carbocycles. The number of carbonyl (C=O) groups is 1. The molecule has 16 heavy (non-hydrogen) atoms. The van der Waals surface area contributed by atoms with Crippen LogP contribution in [0.5, 0.6) is 0 Å². The fraction of sp³-hybridized carbons (Fsp3) is 0.417. The minimum absolute atomic E-state index is 0.128. The fourth-order valence-electron chi connectivity index (χ4n) is 1.26. The summed E-state index contributed by atoms with van der Waals surface area (Å²) in [5, 5.41) is 2.82. The summed E-state index contributed by atoms with van der Waals surface area (Å²) in [5.74, 6) is -0.0233. The summed E-state index contributed by atoms with van der Waals surface area (Å²) in [5.41, 5.74) is 7.61. The van der Waals surface area contributed by atoms with Crippen molar-refractivity contribution in [1.82, 2.24) is 0 Å². The minimum Gasteiger partial charge on any atom is -0.324 e. The van der Waals surface area contributed by atoms with Gasteiger partial charge in [-0.25, -0.2) is 0 Å². The van der Waals surface area contributed by atoms with Gasteiger partial charge < -0.3 is 11.1 Å². The number of hydrogen-bond donors (Lipinski definition) is 2. The van der Waals surface area contributed by atoms with Crippen LogP contribution >= 0.6 is 15.9 Å². The van der Waals surface area contributed by atoms with E-state index in [9.17, 15) is 4.79 Å². The summed E-state index contributed by atoms with van der Waals surface area (Å²) in [6.45, 7) is 5.83. The molecule has 0 saturated heterocycles. The number of carbonyl (C=O) groups excluding carboxylic acids is 1. The van der Waals surface area contributed by atoms with Crippen LogP contribution in [0.25, 0.3) is 0 Å². The molecule has 3 N–H and O–H groups in total. The topological polar surface area (TPSA) is 55.1 Å². The SMILES string of the molecule is Cc1cccc(NC(=O)[C@H](N)C(C)C)c1Br. The molecule has 0 aliphatic rings. The molecule has 1 amide bonds. The Morgan fingerprint density at radius 1 is 1.44 bits per heavy atom. The maximum Gasteiger partial charge on any atom is 0.241 e. The number of nitrogens with two attached hydrogens (primary N) is 1. The van der Waals surface area contributed by atoms with Crippen molar-refractivity contribution in [1.29, 1.82) is 0 Å². The maximum atomic E-state index is 11.8. The van der Waals surface area contributed by atoms with Crippen molar-refractivity contribution in [2.75, 3.05) is 5.32 Å². The average Bonchev–Trinajstić information content (AvgIpc) is 2.23. The van der Waals surface area contributed by atoms with Gasteiger partial charge in [0.2, 0.25) is 5.91 Å². The van der Waals surface area contributed by atoms with Crippen LogP contribution in [0.15, 0.2) is 22.7 Å². The van der Waals surface area contributed by atoms with E-state index in [0.29, 0.717) is 0 Å². The number of anilines is 1. The Morgan fingerprint density at radius 3 is 2.62 bits per heavy atom. The van der Waals surface area contributed by atoms with Gasteiger partial charge in [0.1, 0.15) is 0 Å². The van der Waals surface area contributed by atoms with Gasteiger partial charge in [-0.2, -0.15) is 0 Å². The van der Waals surface area contributed by atoms with Crippen LogP contribution < -0.4 is 11.1 Å². The van der Waals surface area contributed by atoms with Crippen LogP contribution in [0.3, 0.4) is 0 Å². The Kier molecular flexibility index (Phi) is 4.50. The maximum absolute atomic E-state index is 11.8. The molecule has 3 nitrogen and oxygen atoms in total. The van der Waals surface area contributed by atoms with Crippen LogP contribution in [0.2, 0.25) is 0 Å². The van der Waals surface area contributed by atoms with Crippen molar-refractivity contribution in [2.45, 2.75) is 26.8 Å². The van der Waals surface area contributed by atoms with Gasteiger partial charge in [0.15, 0.2) is 0 Å². The van der Waals surface area contributed by atoms with E-state index in [1.165, 1.54) is 0 Å². The molecule has 0 radical (unpaired) electrons. The van der Waals surface area contributed by atoms with Gasteiger partial charge in [-0.3, -0.25) is 4.79 Å². The van der Waals surface area contributed by atoms with Crippen LogP contribution in [0.1, 0.15) is 19.4 Å². The van der Waals surface area contributed by atoms with Crippen molar-refractivity contribution >= 4 is 27.5 Å². The number of rotatable bonds is 3. The number of nitrogens with one attached hydrogen (secondary N) is 1. The minimum atomic E-state index is -0.479. The molecule has 0 spiro atoms. The number of aryl methyl sites for hydroxylation is 1. The monoisotopic (exact) mass is 284 g/mol. The van der Waals surface area contributed by atoms with E-state index < -0.39 is 6.04 Å². The molecular weight excluding hydrogens is 268 g/mol. The van der Waals surface area contributed by atoms with E-state index in [4.69, 9.17) is 5.73 Å².